The van der Waals surface area contributed by atoms with Gasteiger partial charge in [-0.2, -0.15) is 0 Å². The number of rotatable bonds is 3. The summed E-state index contributed by atoms with van der Waals surface area (Å²) < 4.78 is 1.89. The van der Waals surface area contributed by atoms with Crippen LogP contribution in [0.3, 0.4) is 0 Å². The highest BCUT2D eigenvalue weighted by Crippen LogP contribution is 2.13. The van der Waals surface area contributed by atoms with E-state index in [1.54, 1.807) is 12.7 Å². The normalized spacial score (nSPS) is 10.9. The molecule has 3 aromatic rings. The van der Waals surface area contributed by atoms with Gasteiger partial charge in [-0.1, -0.05) is 54.6 Å². The monoisotopic (exact) mass is 247 g/mol. The summed E-state index contributed by atoms with van der Waals surface area (Å²) in [7, 11) is 0. The third-order valence-corrected chi connectivity index (χ3v) is 2.85. The molecule has 1 heterocycles. The average molecular weight is 247 g/mol. The van der Waals surface area contributed by atoms with Gasteiger partial charge in [0.05, 0.1) is 0 Å². The second-order valence-electron chi connectivity index (χ2n) is 4.21. The molecule has 0 N–H and O–H groups in total. The van der Waals surface area contributed by atoms with Crippen LogP contribution in [0.15, 0.2) is 67.3 Å². The average Bonchev–Trinajstić information content (AvgIpc) is 3.01. The minimum absolute atomic E-state index is 1.06. The molecule has 0 amide bonds. The van der Waals surface area contributed by atoms with Gasteiger partial charge < -0.3 is 0 Å². The van der Waals surface area contributed by atoms with Gasteiger partial charge in [0.2, 0.25) is 0 Å². The predicted octanol–water partition coefficient (Wildman–Crippen LogP) is 3.44. The summed E-state index contributed by atoms with van der Waals surface area (Å²) in [5, 5.41) is 7.63. The van der Waals surface area contributed by atoms with E-state index in [0.717, 1.165) is 11.3 Å². The van der Waals surface area contributed by atoms with E-state index in [-0.39, 0.29) is 0 Å². The van der Waals surface area contributed by atoms with Crippen molar-refractivity contribution < 1.29 is 0 Å². The van der Waals surface area contributed by atoms with E-state index in [0.29, 0.717) is 0 Å². The Morgan fingerprint density at radius 1 is 0.737 bits per heavy atom. The third kappa shape index (κ3) is 2.77. The topological polar surface area (TPSA) is 30.7 Å². The van der Waals surface area contributed by atoms with Gasteiger partial charge >= 0.3 is 0 Å². The molecule has 1 aromatic heterocycles. The van der Waals surface area contributed by atoms with E-state index in [1.165, 1.54) is 5.56 Å². The number of hydrogen-bond acceptors (Lipinski definition) is 2. The quantitative estimate of drug-likeness (QED) is 0.664. The van der Waals surface area contributed by atoms with E-state index in [2.05, 4.69) is 46.6 Å². The van der Waals surface area contributed by atoms with Crippen LogP contribution in [0.25, 0.3) is 17.8 Å². The van der Waals surface area contributed by atoms with Gasteiger partial charge in [-0.3, -0.25) is 4.57 Å². The smallest absolute Gasteiger partial charge is 0.123 e. The lowest BCUT2D eigenvalue weighted by Crippen LogP contribution is -1.89. The van der Waals surface area contributed by atoms with Crippen molar-refractivity contribution in [3.05, 3.63) is 78.4 Å². The molecule has 0 aliphatic heterocycles. The van der Waals surface area contributed by atoms with Crippen molar-refractivity contribution in [3.63, 3.8) is 0 Å². The molecule has 0 aliphatic rings. The van der Waals surface area contributed by atoms with Crippen molar-refractivity contribution in [1.29, 1.82) is 0 Å². The van der Waals surface area contributed by atoms with Crippen LogP contribution in [0, 0.1) is 0 Å². The first-order valence-corrected chi connectivity index (χ1v) is 6.10. The fraction of sp³-hybridized carbons (Fsp3) is 0. The Bertz CT molecular complexity index is 670. The first-order valence-electron chi connectivity index (χ1n) is 6.10. The molecule has 0 aliphatic carbocycles. The van der Waals surface area contributed by atoms with Gasteiger partial charge in [-0.05, 0) is 23.3 Å². The van der Waals surface area contributed by atoms with Gasteiger partial charge in [-0.25, -0.2) is 0 Å². The molecule has 0 radical (unpaired) electrons. The van der Waals surface area contributed by atoms with E-state index in [9.17, 15) is 0 Å². The molecule has 3 rings (SSSR count). The van der Waals surface area contributed by atoms with Crippen LogP contribution in [0.2, 0.25) is 0 Å². The molecule has 0 atom stereocenters. The largest absolute Gasteiger partial charge is 0.288 e. The molecule has 0 fully saturated rings. The maximum Gasteiger partial charge on any atom is 0.123 e. The molecule has 3 nitrogen and oxygen atoms in total. The minimum Gasteiger partial charge on any atom is -0.288 e. The van der Waals surface area contributed by atoms with Crippen LogP contribution < -0.4 is 0 Å². The Morgan fingerprint density at radius 2 is 1.42 bits per heavy atom. The number of nitrogens with zero attached hydrogens (tertiary/aromatic N) is 3. The van der Waals surface area contributed by atoms with Crippen molar-refractivity contribution in [1.82, 2.24) is 14.8 Å². The van der Waals surface area contributed by atoms with Gasteiger partial charge in [0.25, 0.3) is 0 Å². The van der Waals surface area contributed by atoms with Gasteiger partial charge in [-0.15, -0.1) is 10.2 Å². The van der Waals surface area contributed by atoms with Crippen LogP contribution in [0.1, 0.15) is 11.1 Å². The maximum atomic E-state index is 3.82. The summed E-state index contributed by atoms with van der Waals surface area (Å²) >= 11 is 0. The number of aromatic nitrogens is 3. The van der Waals surface area contributed by atoms with E-state index >= 15 is 0 Å². The van der Waals surface area contributed by atoms with Crippen LogP contribution in [0.4, 0.5) is 0 Å². The second-order valence-corrected chi connectivity index (χ2v) is 4.21. The molecule has 0 unspecified atom stereocenters. The SMILES string of the molecule is C(=Cc1cccc(-n2cnnc2)c1)c1ccccc1. The fourth-order valence-electron chi connectivity index (χ4n) is 1.88. The van der Waals surface area contributed by atoms with Crippen molar-refractivity contribution in [2.24, 2.45) is 0 Å². The highest BCUT2D eigenvalue weighted by molar-refractivity contribution is 5.70. The van der Waals surface area contributed by atoms with Crippen molar-refractivity contribution in [3.8, 4) is 5.69 Å². The minimum atomic E-state index is 1.06. The van der Waals surface area contributed by atoms with Crippen molar-refractivity contribution >= 4 is 12.2 Å². The van der Waals surface area contributed by atoms with Gasteiger partial charge in [0.15, 0.2) is 0 Å². The van der Waals surface area contributed by atoms with Crippen molar-refractivity contribution in [2.45, 2.75) is 0 Å². The molecular weight excluding hydrogens is 234 g/mol. The molecule has 3 heteroatoms. The summed E-state index contributed by atoms with van der Waals surface area (Å²) in [6.45, 7) is 0. The van der Waals surface area contributed by atoms with Crippen molar-refractivity contribution in [2.75, 3.05) is 0 Å². The molecule has 0 bridgehead atoms. The summed E-state index contributed by atoms with van der Waals surface area (Å²) in [6, 6.07) is 18.5. The summed E-state index contributed by atoms with van der Waals surface area (Å²) in [6.07, 6.45) is 7.59. The lowest BCUT2D eigenvalue weighted by atomic mass is 10.1. The summed E-state index contributed by atoms with van der Waals surface area (Å²) in [5.74, 6) is 0. The highest BCUT2D eigenvalue weighted by Gasteiger charge is 1.96. The van der Waals surface area contributed by atoms with Gasteiger partial charge in [0, 0.05) is 5.69 Å². The van der Waals surface area contributed by atoms with Crippen LogP contribution in [-0.4, -0.2) is 14.8 Å². The Morgan fingerprint density at radius 3 is 2.21 bits per heavy atom. The zero-order valence-corrected chi connectivity index (χ0v) is 10.3. The molecule has 92 valence electrons. The van der Waals surface area contributed by atoms with E-state index < -0.39 is 0 Å². The zero-order valence-electron chi connectivity index (χ0n) is 10.3. The maximum absolute atomic E-state index is 3.82. The number of benzene rings is 2. The Hall–Kier alpha value is -2.68. The Kier molecular flexibility index (Phi) is 3.19. The van der Waals surface area contributed by atoms with Crippen LogP contribution in [0.5, 0.6) is 0 Å². The Balaban J connectivity index is 1.86. The lowest BCUT2D eigenvalue weighted by Gasteiger charge is -2.02. The number of hydrogen-bond donors (Lipinski definition) is 0. The summed E-state index contributed by atoms with van der Waals surface area (Å²) in [5.41, 5.74) is 3.40. The fourth-order valence-corrected chi connectivity index (χ4v) is 1.88. The van der Waals surface area contributed by atoms with Crippen LogP contribution >= 0.6 is 0 Å². The Labute approximate surface area is 111 Å². The van der Waals surface area contributed by atoms with E-state index in [1.807, 2.05) is 34.9 Å². The molecule has 2 aromatic carbocycles. The molecule has 0 saturated heterocycles. The third-order valence-electron chi connectivity index (χ3n) is 2.85. The lowest BCUT2D eigenvalue weighted by molar-refractivity contribution is 1.05. The molecule has 0 spiro atoms. The first kappa shape index (κ1) is 11.4. The highest BCUT2D eigenvalue weighted by atomic mass is 15.2. The first-order chi connectivity index (χ1) is 9.42. The molecular formula is C16H13N3. The second kappa shape index (κ2) is 5.31. The standard InChI is InChI=1S/C16H13N3/c1-2-5-14(6-3-1)9-10-15-7-4-8-16(11-15)19-12-17-18-13-19/h1-13H. The zero-order chi connectivity index (χ0) is 12.9. The van der Waals surface area contributed by atoms with E-state index in [4.69, 9.17) is 0 Å². The molecule has 0 saturated carbocycles. The predicted molar refractivity (Wildman–Crippen MR) is 76.7 cm³/mol. The van der Waals surface area contributed by atoms with Crippen LogP contribution in [-0.2, 0) is 0 Å². The summed E-state index contributed by atoms with van der Waals surface area (Å²) in [4.78, 5) is 0. The molecule has 19 heavy (non-hydrogen) atoms. The van der Waals surface area contributed by atoms with Gasteiger partial charge in [0.1, 0.15) is 12.7 Å².